The second-order valence-corrected chi connectivity index (χ2v) is 3.96. The van der Waals surface area contributed by atoms with Gasteiger partial charge >= 0.3 is 5.97 Å². The molecule has 1 aliphatic heterocycles. The topological polar surface area (TPSA) is 106 Å². The van der Waals surface area contributed by atoms with Crippen LogP contribution in [0.15, 0.2) is 6.20 Å². The zero-order valence-corrected chi connectivity index (χ0v) is 9.70. The summed E-state index contributed by atoms with van der Waals surface area (Å²) in [6.07, 6.45) is 2.62. The number of hydrogen-bond acceptors (Lipinski definition) is 5. The SMILES string of the molecule is O=C(O)c1cn(CCNC(=O)[C@@H]2CCCO2)nn1. The normalized spacial score (nSPS) is 18.8. The maximum absolute atomic E-state index is 11.6. The lowest BCUT2D eigenvalue weighted by Crippen LogP contribution is -2.36. The highest BCUT2D eigenvalue weighted by Crippen LogP contribution is 2.11. The van der Waals surface area contributed by atoms with Gasteiger partial charge in [-0.15, -0.1) is 5.10 Å². The fraction of sp³-hybridized carbons (Fsp3) is 0.600. The first kappa shape index (κ1) is 12.5. The van der Waals surface area contributed by atoms with Crippen molar-refractivity contribution in [3.63, 3.8) is 0 Å². The van der Waals surface area contributed by atoms with Crippen molar-refractivity contribution in [2.24, 2.45) is 0 Å². The van der Waals surface area contributed by atoms with Gasteiger partial charge in [0.1, 0.15) is 6.10 Å². The molecule has 18 heavy (non-hydrogen) atoms. The van der Waals surface area contributed by atoms with E-state index in [1.165, 1.54) is 10.9 Å². The van der Waals surface area contributed by atoms with Crippen molar-refractivity contribution in [1.82, 2.24) is 20.3 Å². The van der Waals surface area contributed by atoms with E-state index in [1.54, 1.807) is 0 Å². The minimum atomic E-state index is -1.12. The third kappa shape index (κ3) is 3.04. The molecule has 0 aliphatic carbocycles. The van der Waals surface area contributed by atoms with E-state index >= 15 is 0 Å². The molecule has 8 heteroatoms. The van der Waals surface area contributed by atoms with E-state index in [9.17, 15) is 9.59 Å². The largest absolute Gasteiger partial charge is 0.476 e. The monoisotopic (exact) mass is 254 g/mol. The van der Waals surface area contributed by atoms with E-state index in [4.69, 9.17) is 9.84 Å². The van der Waals surface area contributed by atoms with Crippen LogP contribution in [-0.2, 0) is 16.1 Å². The van der Waals surface area contributed by atoms with Gasteiger partial charge < -0.3 is 15.2 Å². The standard InChI is InChI=1S/C10H14N4O4/c15-9(8-2-1-5-18-8)11-3-4-14-6-7(10(16)17)12-13-14/h6,8H,1-5H2,(H,11,15)(H,16,17)/t8-/m0/s1. The van der Waals surface area contributed by atoms with Crippen molar-refractivity contribution in [1.29, 1.82) is 0 Å². The quantitative estimate of drug-likeness (QED) is 0.717. The maximum atomic E-state index is 11.6. The summed E-state index contributed by atoms with van der Waals surface area (Å²) in [5, 5.41) is 18.5. The first-order valence-electron chi connectivity index (χ1n) is 5.69. The van der Waals surface area contributed by atoms with Gasteiger partial charge in [-0.25, -0.2) is 9.48 Å². The molecule has 2 rings (SSSR count). The van der Waals surface area contributed by atoms with Crippen LogP contribution < -0.4 is 5.32 Å². The van der Waals surface area contributed by atoms with Crippen LogP contribution in [-0.4, -0.2) is 51.2 Å². The van der Waals surface area contributed by atoms with Gasteiger partial charge in [-0.05, 0) is 12.8 Å². The number of nitrogens with zero attached hydrogens (tertiary/aromatic N) is 3. The number of carboxylic acids is 1. The zero-order valence-electron chi connectivity index (χ0n) is 9.70. The van der Waals surface area contributed by atoms with Crippen LogP contribution in [0, 0.1) is 0 Å². The molecule has 2 heterocycles. The van der Waals surface area contributed by atoms with Crippen LogP contribution in [0.3, 0.4) is 0 Å². The van der Waals surface area contributed by atoms with Crippen molar-refractivity contribution in [3.05, 3.63) is 11.9 Å². The van der Waals surface area contributed by atoms with E-state index < -0.39 is 5.97 Å². The summed E-state index contributed by atoms with van der Waals surface area (Å²) in [6.45, 7) is 1.36. The molecule has 2 N–H and O–H groups in total. The van der Waals surface area contributed by atoms with Gasteiger partial charge in [0.2, 0.25) is 5.91 Å². The third-order valence-corrected chi connectivity index (χ3v) is 2.62. The number of ether oxygens (including phenoxy) is 1. The summed E-state index contributed by atoms with van der Waals surface area (Å²) in [5.74, 6) is -1.25. The predicted octanol–water partition coefficient (Wildman–Crippen LogP) is -0.728. The Morgan fingerprint density at radius 1 is 1.61 bits per heavy atom. The van der Waals surface area contributed by atoms with Crippen molar-refractivity contribution >= 4 is 11.9 Å². The average Bonchev–Trinajstić information content (AvgIpc) is 3.00. The molecule has 1 aliphatic rings. The molecule has 1 aromatic heterocycles. The molecule has 0 bridgehead atoms. The Kier molecular flexibility index (Phi) is 3.88. The fourth-order valence-electron chi connectivity index (χ4n) is 1.70. The van der Waals surface area contributed by atoms with Crippen LogP contribution in [0.4, 0.5) is 0 Å². The van der Waals surface area contributed by atoms with E-state index in [2.05, 4.69) is 15.6 Å². The van der Waals surface area contributed by atoms with Gasteiger partial charge in [-0.2, -0.15) is 0 Å². The van der Waals surface area contributed by atoms with Gasteiger partial charge in [0.25, 0.3) is 0 Å². The van der Waals surface area contributed by atoms with Crippen LogP contribution >= 0.6 is 0 Å². The molecule has 0 radical (unpaired) electrons. The van der Waals surface area contributed by atoms with Crippen LogP contribution in [0.1, 0.15) is 23.3 Å². The van der Waals surface area contributed by atoms with E-state index in [-0.39, 0.29) is 17.7 Å². The number of carboxylic acid groups (broad SMARTS) is 1. The van der Waals surface area contributed by atoms with Crippen LogP contribution in [0.2, 0.25) is 0 Å². The molecule has 0 saturated carbocycles. The molecule has 1 amide bonds. The van der Waals surface area contributed by atoms with Crippen molar-refractivity contribution in [2.75, 3.05) is 13.2 Å². The lowest BCUT2D eigenvalue weighted by Gasteiger charge is -2.09. The Labute approximate surface area is 103 Å². The van der Waals surface area contributed by atoms with Crippen molar-refractivity contribution in [2.45, 2.75) is 25.5 Å². The molecular weight excluding hydrogens is 240 g/mol. The molecule has 1 saturated heterocycles. The Balaban J connectivity index is 1.74. The van der Waals surface area contributed by atoms with E-state index in [0.29, 0.717) is 19.7 Å². The number of amides is 1. The lowest BCUT2D eigenvalue weighted by atomic mass is 10.2. The number of nitrogens with one attached hydrogen (secondary N) is 1. The van der Waals surface area contributed by atoms with Crippen molar-refractivity contribution in [3.8, 4) is 0 Å². The van der Waals surface area contributed by atoms with Gasteiger partial charge in [-0.1, -0.05) is 5.21 Å². The van der Waals surface area contributed by atoms with Crippen LogP contribution in [0.5, 0.6) is 0 Å². The average molecular weight is 254 g/mol. The molecule has 0 unspecified atom stereocenters. The summed E-state index contributed by atoms with van der Waals surface area (Å²) < 4.78 is 6.60. The van der Waals surface area contributed by atoms with E-state index in [0.717, 1.165) is 12.8 Å². The number of rotatable bonds is 5. The molecule has 0 spiro atoms. The Bertz CT molecular complexity index is 439. The van der Waals surface area contributed by atoms with Gasteiger partial charge in [0, 0.05) is 13.2 Å². The second kappa shape index (κ2) is 5.58. The molecule has 1 fully saturated rings. The summed E-state index contributed by atoms with van der Waals surface area (Å²) in [7, 11) is 0. The highest BCUT2D eigenvalue weighted by Gasteiger charge is 2.22. The fourth-order valence-corrected chi connectivity index (χ4v) is 1.70. The third-order valence-electron chi connectivity index (χ3n) is 2.62. The zero-order chi connectivity index (χ0) is 13.0. The molecular formula is C10H14N4O4. The molecule has 1 aromatic rings. The Hall–Kier alpha value is -1.96. The van der Waals surface area contributed by atoms with Crippen molar-refractivity contribution < 1.29 is 19.4 Å². The summed E-state index contributed by atoms with van der Waals surface area (Å²) >= 11 is 0. The van der Waals surface area contributed by atoms with Crippen LogP contribution in [0.25, 0.3) is 0 Å². The second-order valence-electron chi connectivity index (χ2n) is 3.96. The molecule has 98 valence electrons. The lowest BCUT2D eigenvalue weighted by molar-refractivity contribution is -0.130. The Morgan fingerprint density at radius 2 is 2.44 bits per heavy atom. The maximum Gasteiger partial charge on any atom is 0.358 e. The molecule has 0 aromatic carbocycles. The Morgan fingerprint density at radius 3 is 3.06 bits per heavy atom. The molecule has 1 atom stereocenters. The predicted molar refractivity (Wildman–Crippen MR) is 59.0 cm³/mol. The summed E-state index contributed by atoms with van der Waals surface area (Å²) in [5.41, 5.74) is -0.111. The number of hydrogen-bond donors (Lipinski definition) is 2. The number of aromatic carboxylic acids is 1. The first-order valence-corrected chi connectivity index (χ1v) is 5.69. The minimum absolute atomic E-state index is 0.111. The first-order chi connectivity index (χ1) is 8.66. The highest BCUT2D eigenvalue weighted by molar-refractivity contribution is 5.84. The van der Waals surface area contributed by atoms with Gasteiger partial charge in [0.15, 0.2) is 5.69 Å². The number of carbonyl (C=O) groups excluding carboxylic acids is 1. The minimum Gasteiger partial charge on any atom is -0.476 e. The van der Waals surface area contributed by atoms with Gasteiger partial charge in [-0.3, -0.25) is 4.79 Å². The van der Waals surface area contributed by atoms with Gasteiger partial charge in [0.05, 0.1) is 12.7 Å². The summed E-state index contributed by atoms with van der Waals surface area (Å²) in [4.78, 5) is 22.1. The number of carbonyl (C=O) groups is 2. The summed E-state index contributed by atoms with van der Waals surface area (Å²) in [6, 6.07) is 0. The number of aromatic nitrogens is 3. The smallest absolute Gasteiger partial charge is 0.358 e. The highest BCUT2D eigenvalue weighted by atomic mass is 16.5. The van der Waals surface area contributed by atoms with E-state index in [1.807, 2.05) is 0 Å². The molecule has 8 nitrogen and oxygen atoms in total.